The van der Waals surface area contributed by atoms with Crippen LogP contribution in [0.5, 0.6) is 5.75 Å². The maximum absolute atomic E-state index is 12.3. The van der Waals surface area contributed by atoms with Crippen molar-refractivity contribution in [3.8, 4) is 5.75 Å². The van der Waals surface area contributed by atoms with Crippen molar-refractivity contribution < 1.29 is 4.74 Å². The summed E-state index contributed by atoms with van der Waals surface area (Å²) in [5.74, 6) is 0.702. The Kier molecular flexibility index (Phi) is 4.38. The Bertz CT molecular complexity index is 1010. The molecule has 0 fully saturated rings. The van der Waals surface area contributed by atoms with E-state index in [1.165, 1.54) is 6.21 Å². The molecule has 24 heavy (non-hydrogen) atoms. The molecule has 0 saturated heterocycles. The highest BCUT2D eigenvalue weighted by Crippen LogP contribution is 2.11. The predicted molar refractivity (Wildman–Crippen MR) is 94.0 cm³/mol. The van der Waals surface area contributed by atoms with Gasteiger partial charge >= 0.3 is 5.69 Å². The number of nitrogens with one attached hydrogen (secondary N) is 1. The van der Waals surface area contributed by atoms with Crippen LogP contribution in [0.2, 0.25) is 0 Å². The van der Waals surface area contributed by atoms with Crippen molar-refractivity contribution in [1.29, 1.82) is 0 Å². The summed E-state index contributed by atoms with van der Waals surface area (Å²) < 4.78 is 6.20. The van der Waals surface area contributed by atoms with Crippen molar-refractivity contribution in [2.24, 2.45) is 5.10 Å². The smallest absolute Gasteiger partial charge is 0.349 e. The van der Waals surface area contributed by atoms with Crippen molar-refractivity contribution in [2.45, 2.75) is 0 Å². The van der Waals surface area contributed by atoms with E-state index in [2.05, 4.69) is 16.7 Å². The topological polar surface area (TPSA) is 76.5 Å². The van der Waals surface area contributed by atoms with E-state index in [1.54, 1.807) is 54.6 Å². The molecule has 0 aliphatic rings. The van der Waals surface area contributed by atoms with Gasteiger partial charge in [-0.05, 0) is 42.0 Å². The van der Waals surface area contributed by atoms with Crippen molar-refractivity contribution in [3.63, 3.8) is 0 Å². The first-order chi connectivity index (χ1) is 11.7. The number of rotatable bonds is 5. The van der Waals surface area contributed by atoms with Crippen LogP contribution in [0.4, 0.5) is 0 Å². The van der Waals surface area contributed by atoms with Crippen LogP contribution < -0.4 is 16.0 Å². The minimum absolute atomic E-state index is 0.405. The standard InChI is InChI=1S/C18H15N3O3/c1-2-11-24-14-9-7-13(8-10-14)12-19-21-17(22)15-5-3-4-6-16(15)20-18(21)23/h2-10,12H,1,11H2,(H,20,23). The van der Waals surface area contributed by atoms with Crippen LogP contribution in [0.3, 0.4) is 0 Å². The molecular formula is C18H15N3O3. The SMILES string of the molecule is C=CCOc1ccc(C=Nn2c(=O)[nH]c3ccccc3c2=O)cc1. The molecule has 1 N–H and O–H groups in total. The highest BCUT2D eigenvalue weighted by atomic mass is 16.5. The molecule has 0 bridgehead atoms. The van der Waals surface area contributed by atoms with Crippen LogP contribution in [0.1, 0.15) is 5.56 Å². The number of nitrogens with zero attached hydrogens (tertiary/aromatic N) is 2. The number of ether oxygens (including phenoxy) is 1. The van der Waals surface area contributed by atoms with Crippen LogP contribution in [0.15, 0.2) is 75.9 Å². The van der Waals surface area contributed by atoms with E-state index < -0.39 is 11.2 Å². The quantitative estimate of drug-likeness (QED) is 0.578. The van der Waals surface area contributed by atoms with Crippen LogP contribution in [0, 0.1) is 0 Å². The first-order valence-electron chi connectivity index (χ1n) is 7.31. The second-order valence-corrected chi connectivity index (χ2v) is 5.01. The van der Waals surface area contributed by atoms with Gasteiger partial charge in [0.25, 0.3) is 5.56 Å². The van der Waals surface area contributed by atoms with Crippen molar-refractivity contribution >= 4 is 17.1 Å². The molecule has 0 radical (unpaired) electrons. The van der Waals surface area contributed by atoms with Gasteiger partial charge in [0, 0.05) is 0 Å². The average molecular weight is 321 g/mol. The summed E-state index contributed by atoms with van der Waals surface area (Å²) in [6.45, 7) is 4.01. The van der Waals surface area contributed by atoms with Crippen molar-refractivity contribution in [3.05, 3.63) is 87.6 Å². The van der Waals surface area contributed by atoms with E-state index in [-0.39, 0.29) is 0 Å². The molecule has 120 valence electrons. The van der Waals surface area contributed by atoms with E-state index in [9.17, 15) is 9.59 Å². The summed E-state index contributed by atoms with van der Waals surface area (Å²) in [5.41, 5.74) is 0.181. The fraction of sp³-hybridized carbons (Fsp3) is 0.0556. The molecule has 3 aromatic rings. The number of benzene rings is 2. The van der Waals surface area contributed by atoms with Crippen LogP contribution in [0.25, 0.3) is 10.9 Å². The van der Waals surface area contributed by atoms with Gasteiger partial charge in [-0.2, -0.15) is 5.10 Å². The van der Waals surface area contributed by atoms with Gasteiger partial charge in [-0.3, -0.25) is 4.79 Å². The molecule has 0 unspecified atom stereocenters. The van der Waals surface area contributed by atoms with E-state index in [0.29, 0.717) is 23.3 Å². The molecule has 0 saturated carbocycles. The Labute approximate surface area is 137 Å². The van der Waals surface area contributed by atoms with Crippen LogP contribution in [-0.4, -0.2) is 22.5 Å². The zero-order chi connectivity index (χ0) is 16.9. The van der Waals surface area contributed by atoms with Crippen molar-refractivity contribution in [2.75, 3.05) is 6.61 Å². The largest absolute Gasteiger partial charge is 0.490 e. The maximum atomic E-state index is 12.3. The molecule has 1 heterocycles. The lowest BCUT2D eigenvalue weighted by molar-refractivity contribution is 0.363. The summed E-state index contributed by atoms with van der Waals surface area (Å²) in [5, 5.41) is 4.40. The van der Waals surface area contributed by atoms with Gasteiger partial charge in [0.05, 0.1) is 17.1 Å². The summed E-state index contributed by atoms with van der Waals surface area (Å²) in [4.78, 5) is 27.0. The van der Waals surface area contributed by atoms with E-state index >= 15 is 0 Å². The summed E-state index contributed by atoms with van der Waals surface area (Å²) in [7, 11) is 0. The molecule has 0 spiro atoms. The number of H-pyrrole nitrogens is 1. The third kappa shape index (κ3) is 3.17. The number of para-hydroxylation sites is 1. The van der Waals surface area contributed by atoms with Crippen molar-refractivity contribution in [1.82, 2.24) is 9.66 Å². The maximum Gasteiger partial charge on any atom is 0.349 e. The molecule has 6 heteroatoms. The normalized spacial score (nSPS) is 11.0. The average Bonchev–Trinajstić information content (AvgIpc) is 2.61. The Morgan fingerprint density at radius 2 is 1.88 bits per heavy atom. The summed E-state index contributed by atoms with van der Waals surface area (Å²) in [6.07, 6.45) is 3.11. The third-order valence-corrected chi connectivity index (χ3v) is 3.35. The lowest BCUT2D eigenvalue weighted by Gasteiger charge is -2.03. The van der Waals surface area contributed by atoms with Crippen LogP contribution >= 0.6 is 0 Å². The highest BCUT2D eigenvalue weighted by molar-refractivity contribution is 5.80. The second-order valence-electron chi connectivity index (χ2n) is 5.01. The minimum Gasteiger partial charge on any atom is -0.490 e. The molecular weight excluding hydrogens is 306 g/mol. The van der Waals surface area contributed by atoms with Gasteiger partial charge in [-0.25, -0.2) is 4.79 Å². The molecule has 3 rings (SSSR count). The van der Waals surface area contributed by atoms with Crippen LogP contribution in [-0.2, 0) is 0 Å². The number of aromatic nitrogens is 2. The van der Waals surface area contributed by atoms with E-state index in [1.807, 2.05) is 0 Å². The number of hydrogen-bond donors (Lipinski definition) is 1. The minimum atomic E-state index is -0.583. The lowest BCUT2D eigenvalue weighted by Crippen LogP contribution is -2.32. The number of aromatic amines is 1. The van der Waals surface area contributed by atoms with Gasteiger partial charge in [0.15, 0.2) is 0 Å². The third-order valence-electron chi connectivity index (χ3n) is 3.35. The predicted octanol–water partition coefficient (Wildman–Crippen LogP) is 2.14. The summed E-state index contributed by atoms with van der Waals surface area (Å²) in [6, 6.07) is 13.9. The Balaban J connectivity index is 1.92. The molecule has 6 nitrogen and oxygen atoms in total. The molecule has 1 aromatic heterocycles. The Hall–Kier alpha value is -3.41. The molecule has 0 atom stereocenters. The van der Waals surface area contributed by atoms with E-state index in [4.69, 9.17) is 4.74 Å². The van der Waals surface area contributed by atoms with Gasteiger partial charge in [-0.15, -0.1) is 4.68 Å². The summed E-state index contributed by atoms with van der Waals surface area (Å²) >= 11 is 0. The lowest BCUT2D eigenvalue weighted by atomic mass is 10.2. The first-order valence-corrected chi connectivity index (χ1v) is 7.31. The fourth-order valence-electron chi connectivity index (χ4n) is 2.19. The Morgan fingerprint density at radius 3 is 2.62 bits per heavy atom. The van der Waals surface area contributed by atoms with Gasteiger partial charge in [0.1, 0.15) is 12.4 Å². The van der Waals surface area contributed by atoms with Gasteiger partial charge in [-0.1, -0.05) is 24.8 Å². The van der Waals surface area contributed by atoms with Gasteiger partial charge in [0.2, 0.25) is 0 Å². The zero-order valence-electron chi connectivity index (χ0n) is 12.8. The first kappa shape index (κ1) is 15.5. The molecule has 0 aliphatic carbocycles. The highest BCUT2D eigenvalue weighted by Gasteiger charge is 2.05. The van der Waals surface area contributed by atoms with E-state index in [0.717, 1.165) is 10.2 Å². The Morgan fingerprint density at radius 1 is 1.12 bits per heavy atom. The second kappa shape index (κ2) is 6.78. The fourth-order valence-corrected chi connectivity index (χ4v) is 2.19. The zero-order valence-corrected chi connectivity index (χ0v) is 12.8. The number of fused-ring (bicyclic) bond motifs is 1. The molecule has 0 amide bonds. The van der Waals surface area contributed by atoms with Gasteiger partial charge < -0.3 is 9.72 Å². The molecule has 0 aliphatic heterocycles. The monoisotopic (exact) mass is 321 g/mol. The molecule has 2 aromatic carbocycles. The number of hydrogen-bond acceptors (Lipinski definition) is 4.